The van der Waals surface area contributed by atoms with E-state index in [9.17, 15) is 23.6 Å². The Hall–Kier alpha value is -5.22. The molecule has 0 fully saturated rings. The lowest BCUT2D eigenvalue weighted by atomic mass is 10.1. The van der Waals surface area contributed by atoms with Crippen LogP contribution >= 0.6 is 11.8 Å². The number of methoxy groups -OCH3 is 1. The zero-order chi connectivity index (χ0) is 31.5. The van der Waals surface area contributed by atoms with Crippen molar-refractivity contribution < 1.29 is 28.3 Å². The number of hydrogen-bond acceptors (Lipinski definition) is 6. The van der Waals surface area contributed by atoms with Crippen LogP contribution in [0.5, 0.6) is 0 Å². The van der Waals surface area contributed by atoms with Gasteiger partial charge in [0.2, 0.25) is 5.91 Å². The lowest BCUT2D eigenvalue weighted by Crippen LogP contribution is -2.30. The molecule has 0 radical (unpaired) electrons. The molecule has 224 valence electrons. The number of carbonyl (C=O) groups is 4. The van der Waals surface area contributed by atoms with Gasteiger partial charge in [-0.05, 0) is 61.0 Å². The molecule has 0 aromatic heterocycles. The number of hydrogen-bond donors (Lipinski definition) is 3. The summed E-state index contributed by atoms with van der Waals surface area (Å²) in [6.45, 7) is 1.87. The van der Waals surface area contributed by atoms with Crippen LogP contribution in [0.4, 0.5) is 15.8 Å². The fourth-order valence-electron chi connectivity index (χ4n) is 4.12. The van der Waals surface area contributed by atoms with Gasteiger partial charge in [0.1, 0.15) is 11.5 Å². The molecule has 0 aliphatic heterocycles. The first-order chi connectivity index (χ1) is 21.3. The molecule has 4 rings (SSSR count). The third kappa shape index (κ3) is 8.42. The second kappa shape index (κ2) is 15.3. The number of para-hydroxylation sites is 1. The Morgan fingerprint density at radius 2 is 1.57 bits per heavy atom. The fraction of sp³-hybridized carbons (Fsp3) is 0.118. The molecule has 44 heavy (non-hydrogen) atoms. The topological polar surface area (TPSA) is 114 Å². The molecule has 4 aromatic rings. The average Bonchev–Trinajstić information content (AvgIpc) is 3.04. The van der Waals surface area contributed by atoms with Crippen molar-refractivity contribution in [1.29, 1.82) is 0 Å². The average molecular weight is 612 g/mol. The van der Waals surface area contributed by atoms with E-state index < -0.39 is 28.9 Å². The second-order valence-corrected chi connectivity index (χ2v) is 10.7. The number of carbonyl (C=O) groups excluding carboxylic acids is 4. The van der Waals surface area contributed by atoms with E-state index in [4.69, 9.17) is 4.74 Å². The number of halogens is 1. The summed E-state index contributed by atoms with van der Waals surface area (Å²) in [5.41, 5.74) is 1.29. The SMILES string of the molecule is CCC(Sc1cccc(NC(=O)/C(=C\c2ccccc2F)NC(=O)c2ccccc2)c1)C(=O)Nc1ccccc1C(=O)OC. The number of esters is 1. The minimum atomic E-state index is -0.663. The lowest BCUT2D eigenvalue weighted by Gasteiger charge is -2.17. The van der Waals surface area contributed by atoms with Crippen LogP contribution in [0.25, 0.3) is 6.08 Å². The molecule has 0 bridgehead atoms. The van der Waals surface area contributed by atoms with Gasteiger partial charge in [0.25, 0.3) is 11.8 Å². The first-order valence-electron chi connectivity index (χ1n) is 13.7. The van der Waals surface area contributed by atoms with Gasteiger partial charge in [-0.25, -0.2) is 9.18 Å². The van der Waals surface area contributed by atoms with Crippen molar-refractivity contribution in [2.75, 3.05) is 17.7 Å². The molecule has 3 N–H and O–H groups in total. The first-order valence-corrected chi connectivity index (χ1v) is 14.6. The standard InChI is InChI=1S/C34H30FN3O5S/c1-3-30(33(41)37-28-19-10-8-17-26(28)34(42)43-2)44-25-16-11-15-24(21-25)36-32(40)29(20-23-14-7-9-18-27(23)35)38-31(39)22-12-5-4-6-13-22/h4-21,30H,3H2,1-2H3,(H,36,40)(H,37,41)(H,38,39)/b29-20+. The Kier molecular flexibility index (Phi) is 11.0. The highest BCUT2D eigenvalue weighted by Gasteiger charge is 2.21. The number of thioether (sulfide) groups is 1. The highest BCUT2D eigenvalue weighted by molar-refractivity contribution is 8.00. The van der Waals surface area contributed by atoms with E-state index in [1.807, 2.05) is 6.92 Å². The Balaban J connectivity index is 1.51. The van der Waals surface area contributed by atoms with Gasteiger partial charge < -0.3 is 20.7 Å². The van der Waals surface area contributed by atoms with Gasteiger partial charge in [-0.15, -0.1) is 11.8 Å². The van der Waals surface area contributed by atoms with Crippen molar-refractivity contribution in [2.45, 2.75) is 23.5 Å². The van der Waals surface area contributed by atoms with Gasteiger partial charge in [-0.1, -0.05) is 61.5 Å². The molecular weight excluding hydrogens is 581 g/mol. The monoisotopic (exact) mass is 611 g/mol. The molecule has 0 aliphatic rings. The van der Waals surface area contributed by atoms with Gasteiger partial charge in [-0.3, -0.25) is 14.4 Å². The molecule has 3 amide bonds. The molecule has 0 heterocycles. The molecule has 10 heteroatoms. The minimum Gasteiger partial charge on any atom is -0.465 e. The van der Waals surface area contributed by atoms with Gasteiger partial charge in [0, 0.05) is 21.7 Å². The zero-order valence-corrected chi connectivity index (χ0v) is 24.8. The number of ether oxygens (including phenoxy) is 1. The van der Waals surface area contributed by atoms with E-state index >= 15 is 0 Å². The molecule has 0 spiro atoms. The van der Waals surface area contributed by atoms with E-state index in [2.05, 4.69) is 16.0 Å². The van der Waals surface area contributed by atoms with Crippen LogP contribution in [-0.2, 0) is 14.3 Å². The van der Waals surface area contributed by atoms with Crippen molar-refractivity contribution in [2.24, 2.45) is 0 Å². The summed E-state index contributed by atoms with van der Waals surface area (Å²) in [5, 5.41) is 7.64. The van der Waals surface area contributed by atoms with Crippen molar-refractivity contribution in [1.82, 2.24) is 5.32 Å². The molecule has 8 nitrogen and oxygen atoms in total. The zero-order valence-electron chi connectivity index (χ0n) is 24.0. The Labute approximate surface area is 258 Å². The molecule has 0 saturated heterocycles. The van der Waals surface area contributed by atoms with Crippen LogP contribution in [0.2, 0.25) is 0 Å². The van der Waals surface area contributed by atoms with Crippen molar-refractivity contribution in [3.63, 3.8) is 0 Å². The smallest absolute Gasteiger partial charge is 0.339 e. The van der Waals surface area contributed by atoms with E-state index in [-0.39, 0.29) is 22.7 Å². The van der Waals surface area contributed by atoms with E-state index in [1.54, 1.807) is 84.9 Å². The summed E-state index contributed by atoms with van der Waals surface area (Å²) < 4.78 is 19.3. The Bertz CT molecular complexity index is 1690. The Morgan fingerprint density at radius 1 is 0.864 bits per heavy atom. The predicted octanol–water partition coefficient (Wildman–Crippen LogP) is 6.53. The second-order valence-electron chi connectivity index (χ2n) is 9.42. The van der Waals surface area contributed by atoms with Crippen molar-refractivity contribution in [3.05, 3.63) is 131 Å². The van der Waals surface area contributed by atoms with Crippen LogP contribution in [0.15, 0.2) is 114 Å². The first kappa shape index (κ1) is 31.7. The van der Waals surface area contributed by atoms with Gasteiger partial charge in [-0.2, -0.15) is 0 Å². The third-order valence-corrected chi connectivity index (χ3v) is 7.72. The summed E-state index contributed by atoms with van der Waals surface area (Å²) >= 11 is 1.28. The van der Waals surface area contributed by atoms with Gasteiger partial charge in [0.05, 0.1) is 23.6 Å². The number of amides is 3. The van der Waals surface area contributed by atoms with Crippen molar-refractivity contribution in [3.8, 4) is 0 Å². The lowest BCUT2D eigenvalue weighted by molar-refractivity contribution is -0.116. The molecular formula is C34H30FN3O5S. The third-order valence-electron chi connectivity index (χ3n) is 6.36. The van der Waals surface area contributed by atoms with Gasteiger partial charge in [0.15, 0.2) is 0 Å². The molecule has 4 aromatic carbocycles. The Morgan fingerprint density at radius 3 is 2.30 bits per heavy atom. The molecule has 0 aliphatic carbocycles. The summed E-state index contributed by atoms with van der Waals surface area (Å²) in [5.74, 6) is -2.61. The summed E-state index contributed by atoms with van der Waals surface area (Å²) in [7, 11) is 1.27. The quantitative estimate of drug-likeness (QED) is 0.101. The van der Waals surface area contributed by atoms with Crippen LogP contribution in [-0.4, -0.2) is 36.1 Å². The number of benzene rings is 4. The molecule has 1 unspecified atom stereocenters. The number of nitrogens with one attached hydrogen (secondary N) is 3. The largest absolute Gasteiger partial charge is 0.465 e. The van der Waals surface area contributed by atoms with E-state index in [0.29, 0.717) is 28.3 Å². The normalized spacial score (nSPS) is 11.7. The van der Waals surface area contributed by atoms with E-state index in [0.717, 1.165) is 0 Å². The van der Waals surface area contributed by atoms with Gasteiger partial charge >= 0.3 is 5.97 Å². The number of anilines is 2. The van der Waals surface area contributed by atoms with Crippen LogP contribution < -0.4 is 16.0 Å². The maximum Gasteiger partial charge on any atom is 0.339 e. The minimum absolute atomic E-state index is 0.126. The predicted molar refractivity (Wildman–Crippen MR) is 170 cm³/mol. The van der Waals surface area contributed by atoms with Crippen molar-refractivity contribution >= 4 is 52.9 Å². The summed E-state index contributed by atoms with van der Waals surface area (Å²) in [6.07, 6.45) is 1.75. The summed E-state index contributed by atoms with van der Waals surface area (Å²) in [6, 6.07) is 27.7. The van der Waals surface area contributed by atoms with Crippen LogP contribution in [0.3, 0.4) is 0 Å². The number of rotatable bonds is 11. The van der Waals surface area contributed by atoms with Crippen LogP contribution in [0.1, 0.15) is 39.6 Å². The maximum absolute atomic E-state index is 14.4. The fourth-order valence-corrected chi connectivity index (χ4v) is 5.13. The summed E-state index contributed by atoms with van der Waals surface area (Å²) in [4.78, 5) is 52.2. The van der Waals surface area contributed by atoms with E-state index in [1.165, 1.54) is 43.1 Å². The molecule has 1 atom stereocenters. The van der Waals surface area contributed by atoms with Crippen LogP contribution in [0, 0.1) is 5.82 Å². The highest BCUT2D eigenvalue weighted by atomic mass is 32.2. The maximum atomic E-state index is 14.4. The molecule has 0 saturated carbocycles. The highest BCUT2D eigenvalue weighted by Crippen LogP contribution is 2.29.